The minimum Gasteiger partial charge on any atom is -0.383 e. The number of ether oxygens (including phenoxy) is 3. The maximum Gasteiger partial charge on any atom is 0.246 e. The van der Waals surface area contributed by atoms with Crippen LogP contribution in [0.4, 0.5) is 0 Å². The quantitative estimate of drug-likeness (QED) is 0.321. The molecule has 0 radical (unpaired) electrons. The van der Waals surface area contributed by atoms with Crippen LogP contribution in [0.25, 0.3) is 0 Å². The van der Waals surface area contributed by atoms with Crippen LogP contribution in [0.1, 0.15) is 19.3 Å². The summed E-state index contributed by atoms with van der Waals surface area (Å²) in [5.41, 5.74) is 0. The van der Waals surface area contributed by atoms with Crippen molar-refractivity contribution < 1.29 is 28.6 Å². The van der Waals surface area contributed by atoms with Crippen LogP contribution in [0.15, 0.2) is 0 Å². The van der Waals surface area contributed by atoms with Crippen LogP contribution in [0.5, 0.6) is 0 Å². The third kappa shape index (κ3) is 15.2. The Hall–Kier alpha value is -1.71. The lowest BCUT2D eigenvalue weighted by molar-refractivity contribution is -0.126. The number of hydrogen-bond acceptors (Lipinski definition) is 6. The summed E-state index contributed by atoms with van der Waals surface area (Å²) in [5.74, 6) is -0.374. The summed E-state index contributed by atoms with van der Waals surface area (Å²) >= 11 is 0. The summed E-state index contributed by atoms with van der Waals surface area (Å²) in [6, 6.07) is 0. The Morgan fingerprint density at radius 3 is 2.12 bits per heavy atom. The lowest BCUT2D eigenvalue weighted by atomic mass is 10.2. The van der Waals surface area contributed by atoms with Gasteiger partial charge in [0, 0.05) is 40.1 Å². The number of hydrogen-bond donors (Lipinski definition) is 3. The Kier molecular flexibility index (Phi) is 15.0. The van der Waals surface area contributed by atoms with Crippen molar-refractivity contribution in [3.63, 3.8) is 0 Å². The average Bonchev–Trinajstić information content (AvgIpc) is 2.57. The molecule has 0 atom stereocenters. The summed E-state index contributed by atoms with van der Waals surface area (Å²) < 4.78 is 15.2. The molecule has 0 aliphatic rings. The molecule has 0 bridgehead atoms. The number of methoxy groups -OCH3 is 1. The molecule has 0 heterocycles. The van der Waals surface area contributed by atoms with E-state index in [0.717, 1.165) is 0 Å². The van der Waals surface area contributed by atoms with Crippen molar-refractivity contribution in [2.45, 2.75) is 19.3 Å². The number of carbonyl (C=O) groups is 3. The highest BCUT2D eigenvalue weighted by Gasteiger charge is 2.03. The van der Waals surface area contributed by atoms with Gasteiger partial charge in [0.1, 0.15) is 6.61 Å². The molecule has 3 amide bonds. The van der Waals surface area contributed by atoms with Gasteiger partial charge in [0.2, 0.25) is 17.7 Å². The minimum atomic E-state index is -0.198. The highest BCUT2D eigenvalue weighted by molar-refractivity contribution is 5.78. The first-order valence-corrected chi connectivity index (χ1v) is 7.98. The van der Waals surface area contributed by atoms with Crippen molar-refractivity contribution in [3.05, 3.63) is 0 Å². The molecule has 0 rings (SSSR count). The van der Waals surface area contributed by atoms with Gasteiger partial charge in [-0.1, -0.05) is 0 Å². The number of nitrogens with one attached hydrogen (secondary N) is 3. The van der Waals surface area contributed by atoms with Gasteiger partial charge in [0.15, 0.2) is 0 Å². The van der Waals surface area contributed by atoms with Crippen LogP contribution in [0, 0.1) is 0 Å². The second-order valence-corrected chi connectivity index (χ2v) is 4.88. The Morgan fingerprint density at radius 1 is 0.792 bits per heavy atom. The molecule has 0 aliphatic heterocycles. The maximum absolute atomic E-state index is 11.5. The van der Waals surface area contributed by atoms with Crippen molar-refractivity contribution in [2.24, 2.45) is 0 Å². The summed E-state index contributed by atoms with van der Waals surface area (Å²) in [7, 11) is 3.13. The van der Waals surface area contributed by atoms with E-state index in [1.807, 2.05) is 0 Å². The predicted octanol–water partition coefficient (Wildman–Crippen LogP) is -1.19. The van der Waals surface area contributed by atoms with Crippen molar-refractivity contribution in [1.82, 2.24) is 16.0 Å². The average molecular weight is 347 g/mol. The van der Waals surface area contributed by atoms with Crippen LogP contribution >= 0.6 is 0 Å². The molecule has 9 heteroatoms. The molecule has 0 aromatic rings. The standard InChI is InChI=1S/C15H29N3O6/c1-16-13(19)4-3-5-14(20)17-7-9-23-10-11-24-12-15(21)18-6-8-22-2/h3-12H2,1-2H3,(H,16,19)(H,17,20)(H,18,21). The molecule has 0 aliphatic carbocycles. The van der Waals surface area contributed by atoms with Crippen molar-refractivity contribution in [1.29, 1.82) is 0 Å². The number of rotatable bonds is 15. The molecule has 0 fully saturated rings. The zero-order valence-corrected chi connectivity index (χ0v) is 14.5. The normalized spacial score (nSPS) is 10.2. The third-order valence-electron chi connectivity index (χ3n) is 2.89. The fraction of sp³-hybridized carbons (Fsp3) is 0.800. The minimum absolute atomic E-state index is 0.0187. The second kappa shape index (κ2) is 16.2. The molecule has 3 N–H and O–H groups in total. The maximum atomic E-state index is 11.5. The molecule has 140 valence electrons. The monoisotopic (exact) mass is 347 g/mol. The first-order valence-electron chi connectivity index (χ1n) is 7.98. The first kappa shape index (κ1) is 22.3. The van der Waals surface area contributed by atoms with E-state index in [1.165, 1.54) is 0 Å². The van der Waals surface area contributed by atoms with Crippen molar-refractivity contribution in [3.8, 4) is 0 Å². The second-order valence-electron chi connectivity index (χ2n) is 4.88. The van der Waals surface area contributed by atoms with Gasteiger partial charge in [-0.05, 0) is 6.42 Å². The zero-order chi connectivity index (χ0) is 18.0. The van der Waals surface area contributed by atoms with E-state index in [0.29, 0.717) is 58.8 Å². The molecule has 0 unspecified atom stereocenters. The molecule has 0 spiro atoms. The Morgan fingerprint density at radius 2 is 1.42 bits per heavy atom. The van der Waals surface area contributed by atoms with E-state index >= 15 is 0 Å². The third-order valence-corrected chi connectivity index (χ3v) is 2.89. The van der Waals surface area contributed by atoms with Gasteiger partial charge in [0.25, 0.3) is 0 Å². The van der Waals surface area contributed by atoms with Gasteiger partial charge < -0.3 is 30.2 Å². The fourth-order valence-electron chi connectivity index (χ4n) is 1.61. The Balaban J connectivity index is 3.31. The summed E-state index contributed by atoms with van der Waals surface area (Å²) in [4.78, 5) is 33.7. The highest BCUT2D eigenvalue weighted by Crippen LogP contribution is 1.94. The lowest BCUT2D eigenvalue weighted by Gasteiger charge is -2.08. The van der Waals surface area contributed by atoms with Crippen LogP contribution in [-0.4, -0.2) is 78.0 Å². The van der Waals surface area contributed by atoms with E-state index in [4.69, 9.17) is 14.2 Å². The molecule has 0 aromatic heterocycles. The Bertz CT molecular complexity index is 365. The molecule has 0 saturated heterocycles. The summed E-state index contributed by atoms with van der Waals surface area (Å²) in [5, 5.41) is 7.83. The molecule has 0 aromatic carbocycles. The van der Waals surface area contributed by atoms with E-state index < -0.39 is 0 Å². The number of amides is 3. The molecular formula is C15H29N3O6. The largest absolute Gasteiger partial charge is 0.383 e. The molecular weight excluding hydrogens is 318 g/mol. The van der Waals surface area contributed by atoms with Crippen LogP contribution < -0.4 is 16.0 Å². The summed E-state index contributed by atoms with van der Waals surface area (Å²) in [6.07, 6.45) is 1.18. The molecule has 24 heavy (non-hydrogen) atoms. The SMILES string of the molecule is CNC(=O)CCCC(=O)NCCOCCOCC(=O)NCCOC. The van der Waals surface area contributed by atoms with Crippen LogP contribution in [0.3, 0.4) is 0 Å². The van der Waals surface area contributed by atoms with Crippen molar-refractivity contribution in [2.75, 3.05) is 60.3 Å². The topological polar surface area (TPSA) is 115 Å². The highest BCUT2D eigenvalue weighted by atomic mass is 16.5. The van der Waals surface area contributed by atoms with Gasteiger partial charge >= 0.3 is 0 Å². The van der Waals surface area contributed by atoms with E-state index in [-0.39, 0.29) is 24.3 Å². The predicted molar refractivity (Wildman–Crippen MR) is 87.5 cm³/mol. The van der Waals surface area contributed by atoms with Gasteiger partial charge in [-0.2, -0.15) is 0 Å². The lowest BCUT2D eigenvalue weighted by Crippen LogP contribution is -2.31. The van der Waals surface area contributed by atoms with E-state index in [1.54, 1.807) is 14.2 Å². The van der Waals surface area contributed by atoms with E-state index in [9.17, 15) is 14.4 Å². The zero-order valence-electron chi connectivity index (χ0n) is 14.5. The van der Waals surface area contributed by atoms with Crippen molar-refractivity contribution >= 4 is 17.7 Å². The van der Waals surface area contributed by atoms with Gasteiger partial charge in [-0.3, -0.25) is 14.4 Å². The van der Waals surface area contributed by atoms with E-state index in [2.05, 4.69) is 16.0 Å². The fourth-order valence-corrected chi connectivity index (χ4v) is 1.61. The molecule has 0 saturated carbocycles. The van der Waals surface area contributed by atoms with Crippen LogP contribution in [0.2, 0.25) is 0 Å². The number of carbonyl (C=O) groups excluding carboxylic acids is 3. The van der Waals surface area contributed by atoms with Gasteiger partial charge in [-0.15, -0.1) is 0 Å². The van der Waals surface area contributed by atoms with Gasteiger partial charge in [-0.25, -0.2) is 0 Å². The summed E-state index contributed by atoms with van der Waals surface area (Å²) in [6.45, 7) is 2.32. The first-order chi connectivity index (χ1) is 11.6. The van der Waals surface area contributed by atoms with Gasteiger partial charge in [0.05, 0.1) is 26.4 Å². The Labute approximate surface area is 142 Å². The van der Waals surface area contributed by atoms with Crippen LogP contribution in [-0.2, 0) is 28.6 Å². The smallest absolute Gasteiger partial charge is 0.246 e. The molecule has 9 nitrogen and oxygen atoms in total.